The summed E-state index contributed by atoms with van der Waals surface area (Å²) in [7, 11) is 0. The Morgan fingerprint density at radius 2 is 1.91 bits per heavy atom. The Balaban J connectivity index is 1.26. The summed E-state index contributed by atoms with van der Waals surface area (Å²) in [5, 5.41) is 4.00. The number of aromatic nitrogens is 1. The maximum atomic E-state index is 12.7. The van der Waals surface area contributed by atoms with Crippen LogP contribution in [0.2, 0.25) is 5.02 Å². The number of nitrogens with zero attached hydrogens (tertiary/aromatic N) is 2. The number of carbonyl (C=O) groups excluding carboxylic acids is 2. The van der Waals surface area contributed by atoms with E-state index in [1.807, 2.05) is 36.4 Å². The monoisotopic (exact) mass is 513 g/mol. The maximum absolute atomic E-state index is 12.7. The van der Waals surface area contributed by atoms with Crippen molar-refractivity contribution in [3.63, 3.8) is 0 Å². The Hall–Kier alpha value is -2.52. The molecule has 0 bridgehead atoms. The molecular formula is C24H20ClN3O2S3. The first-order chi connectivity index (χ1) is 16.0. The van der Waals surface area contributed by atoms with Crippen LogP contribution in [0.25, 0.3) is 6.08 Å². The van der Waals surface area contributed by atoms with Crippen molar-refractivity contribution < 1.29 is 9.59 Å². The molecule has 2 heterocycles. The average Bonchev–Trinajstić information content (AvgIpc) is 3.34. The number of thioether (sulfide) groups is 1. The maximum Gasteiger partial charge on any atom is 0.266 e. The third kappa shape index (κ3) is 6.29. The second kappa shape index (κ2) is 11.1. The van der Waals surface area contributed by atoms with Gasteiger partial charge in [0.05, 0.1) is 4.91 Å². The fourth-order valence-corrected chi connectivity index (χ4v) is 5.60. The minimum absolute atomic E-state index is 0.132. The van der Waals surface area contributed by atoms with Crippen LogP contribution < -0.4 is 5.32 Å². The van der Waals surface area contributed by atoms with Crippen LogP contribution in [0.1, 0.15) is 28.8 Å². The van der Waals surface area contributed by atoms with E-state index in [2.05, 4.69) is 22.4 Å². The minimum Gasteiger partial charge on any atom is -0.302 e. The normalized spacial score (nSPS) is 14.8. The molecule has 2 amide bonds. The fraction of sp³-hybridized carbons (Fsp3) is 0.167. The molecule has 1 fully saturated rings. The van der Waals surface area contributed by atoms with Crippen LogP contribution in [-0.4, -0.2) is 32.6 Å². The number of amides is 2. The SMILES string of the molecule is O=C(CCCN1C(=O)/C(=C\c2ccccc2Cl)SC1=S)Nc1ncc(Cc2ccccc2)s1. The molecule has 0 atom stereocenters. The second-order valence-electron chi connectivity index (χ2n) is 7.30. The first-order valence-electron chi connectivity index (χ1n) is 10.3. The third-order valence-corrected chi connectivity index (χ3v) is 7.51. The topological polar surface area (TPSA) is 62.3 Å². The van der Waals surface area contributed by atoms with E-state index in [9.17, 15) is 9.59 Å². The van der Waals surface area contributed by atoms with Gasteiger partial charge >= 0.3 is 0 Å². The number of nitrogens with one attached hydrogen (secondary N) is 1. The van der Waals surface area contributed by atoms with Crippen LogP contribution in [0, 0.1) is 0 Å². The van der Waals surface area contributed by atoms with E-state index < -0.39 is 0 Å². The fourth-order valence-electron chi connectivity index (χ4n) is 3.25. The van der Waals surface area contributed by atoms with Gasteiger partial charge in [-0.1, -0.05) is 84.1 Å². The molecule has 0 spiro atoms. The summed E-state index contributed by atoms with van der Waals surface area (Å²) >= 11 is 14.3. The number of carbonyl (C=O) groups is 2. The Bertz CT molecular complexity index is 1210. The molecule has 0 radical (unpaired) electrons. The van der Waals surface area contributed by atoms with Gasteiger partial charge in [0.25, 0.3) is 5.91 Å². The molecule has 1 aliphatic heterocycles. The molecule has 168 valence electrons. The summed E-state index contributed by atoms with van der Waals surface area (Å²) in [6, 6.07) is 17.5. The lowest BCUT2D eigenvalue weighted by atomic mass is 10.1. The van der Waals surface area contributed by atoms with E-state index >= 15 is 0 Å². The van der Waals surface area contributed by atoms with Gasteiger partial charge in [-0.2, -0.15) is 0 Å². The van der Waals surface area contributed by atoms with Crippen molar-refractivity contribution in [3.05, 3.63) is 86.7 Å². The van der Waals surface area contributed by atoms with E-state index in [1.165, 1.54) is 33.6 Å². The Morgan fingerprint density at radius 3 is 2.70 bits per heavy atom. The smallest absolute Gasteiger partial charge is 0.266 e. The molecule has 9 heteroatoms. The predicted octanol–water partition coefficient (Wildman–Crippen LogP) is 6.01. The highest BCUT2D eigenvalue weighted by Gasteiger charge is 2.31. The molecule has 0 saturated carbocycles. The zero-order chi connectivity index (χ0) is 23.2. The summed E-state index contributed by atoms with van der Waals surface area (Å²) in [4.78, 5) is 32.6. The van der Waals surface area contributed by atoms with Crippen molar-refractivity contribution in [1.82, 2.24) is 9.88 Å². The molecule has 33 heavy (non-hydrogen) atoms. The van der Waals surface area contributed by atoms with Crippen LogP contribution in [0.5, 0.6) is 0 Å². The highest BCUT2D eigenvalue weighted by Crippen LogP contribution is 2.34. The highest BCUT2D eigenvalue weighted by molar-refractivity contribution is 8.26. The van der Waals surface area contributed by atoms with Gasteiger partial charge in [0.15, 0.2) is 5.13 Å². The van der Waals surface area contributed by atoms with Crippen LogP contribution >= 0.6 is 46.9 Å². The summed E-state index contributed by atoms with van der Waals surface area (Å²) in [6.45, 7) is 0.384. The standard InChI is InChI=1S/C24H20ClN3O2S3/c25-19-10-5-4-9-17(19)14-20-22(30)28(24(31)33-20)12-6-11-21(29)27-23-26-15-18(32-23)13-16-7-2-1-3-8-16/h1-5,7-10,14-15H,6,11-13H2,(H,26,27,29)/b20-14+. The highest BCUT2D eigenvalue weighted by atomic mass is 35.5. The largest absolute Gasteiger partial charge is 0.302 e. The van der Waals surface area contributed by atoms with Crippen LogP contribution in [0.3, 0.4) is 0 Å². The molecule has 1 aliphatic rings. The van der Waals surface area contributed by atoms with E-state index in [1.54, 1.807) is 18.3 Å². The van der Waals surface area contributed by atoms with Gasteiger partial charge < -0.3 is 5.32 Å². The summed E-state index contributed by atoms with van der Waals surface area (Å²) in [5.74, 6) is -0.288. The number of thiazole rings is 1. The average molecular weight is 514 g/mol. The van der Waals surface area contributed by atoms with Gasteiger partial charge in [0.1, 0.15) is 4.32 Å². The van der Waals surface area contributed by atoms with Crippen LogP contribution in [0.15, 0.2) is 65.7 Å². The molecule has 0 unspecified atom stereocenters. The van der Waals surface area contributed by atoms with Crippen molar-refractivity contribution in [2.45, 2.75) is 19.3 Å². The number of hydrogen-bond acceptors (Lipinski definition) is 6. The first-order valence-corrected chi connectivity index (χ1v) is 12.7. The van der Waals surface area contributed by atoms with E-state index in [0.717, 1.165) is 16.9 Å². The lowest BCUT2D eigenvalue weighted by molar-refractivity contribution is -0.122. The van der Waals surface area contributed by atoms with Crippen molar-refractivity contribution >= 4 is 74.3 Å². The molecule has 2 aromatic carbocycles. The predicted molar refractivity (Wildman–Crippen MR) is 141 cm³/mol. The van der Waals surface area contributed by atoms with E-state index in [4.69, 9.17) is 23.8 Å². The molecule has 0 aliphatic carbocycles. The molecule has 1 aromatic heterocycles. The zero-order valence-electron chi connectivity index (χ0n) is 17.5. The number of rotatable bonds is 8. The second-order valence-corrected chi connectivity index (χ2v) is 10.5. The molecule has 4 rings (SSSR count). The molecule has 1 N–H and O–H groups in total. The van der Waals surface area contributed by atoms with Crippen LogP contribution in [-0.2, 0) is 16.0 Å². The summed E-state index contributed by atoms with van der Waals surface area (Å²) in [6.07, 6.45) is 5.10. The number of halogens is 1. The molecule has 1 saturated heterocycles. The van der Waals surface area contributed by atoms with Gasteiger partial charge in [0.2, 0.25) is 5.91 Å². The van der Waals surface area contributed by atoms with Gasteiger partial charge in [-0.25, -0.2) is 4.98 Å². The van der Waals surface area contributed by atoms with Crippen molar-refractivity contribution in [2.75, 3.05) is 11.9 Å². The number of hydrogen-bond donors (Lipinski definition) is 1. The number of anilines is 1. The molecule has 3 aromatic rings. The Morgan fingerprint density at radius 1 is 1.15 bits per heavy atom. The number of benzene rings is 2. The molecule has 5 nitrogen and oxygen atoms in total. The van der Waals surface area contributed by atoms with E-state index in [0.29, 0.717) is 32.3 Å². The van der Waals surface area contributed by atoms with Gasteiger partial charge in [-0.15, -0.1) is 11.3 Å². The van der Waals surface area contributed by atoms with E-state index in [-0.39, 0.29) is 18.2 Å². The van der Waals surface area contributed by atoms with Gasteiger partial charge in [-0.05, 0) is 29.7 Å². The van der Waals surface area contributed by atoms with Crippen molar-refractivity contribution in [1.29, 1.82) is 0 Å². The van der Waals surface area contributed by atoms with Crippen molar-refractivity contribution in [2.24, 2.45) is 0 Å². The summed E-state index contributed by atoms with van der Waals surface area (Å²) in [5.41, 5.74) is 1.97. The first kappa shape index (κ1) is 23.6. The minimum atomic E-state index is -0.157. The lowest BCUT2D eigenvalue weighted by Gasteiger charge is -2.13. The van der Waals surface area contributed by atoms with Gasteiger partial charge in [-0.3, -0.25) is 14.5 Å². The third-order valence-electron chi connectivity index (χ3n) is 4.87. The van der Waals surface area contributed by atoms with Gasteiger partial charge in [0, 0.05) is 35.5 Å². The lowest BCUT2D eigenvalue weighted by Crippen LogP contribution is -2.29. The van der Waals surface area contributed by atoms with Crippen LogP contribution in [0.4, 0.5) is 5.13 Å². The zero-order valence-corrected chi connectivity index (χ0v) is 20.7. The Labute approximate surface area is 210 Å². The Kier molecular flexibility index (Phi) is 7.93. The van der Waals surface area contributed by atoms with Crippen molar-refractivity contribution in [3.8, 4) is 0 Å². The molecular weight excluding hydrogens is 494 g/mol. The number of thiocarbonyl (C=S) groups is 1. The summed E-state index contributed by atoms with van der Waals surface area (Å²) < 4.78 is 0.490. The quantitative estimate of drug-likeness (QED) is 0.295.